The number of hydrogen-bond donors (Lipinski definition) is 4. The molecule has 0 aliphatic carbocycles. The van der Waals surface area contributed by atoms with Crippen LogP contribution in [0, 0.1) is 5.92 Å². The fraction of sp³-hybridized carbons (Fsp3) is 0.421. The van der Waals surface area contributed by atoms with Gasteiger partial charge in [0.2, 0.25) is 11.8 Å². The summed E-state index contributed by atoms with van der Waals surface area (Å²) in [5.41, 5.74) is 1.72. The molecule has 0 aliphatic heterocycles. The summed E-state index contributed by atoms with van der Waals surface area (Å²) in [6, 6.07) is 5.75. The molecule has 0 aliphatic rings. The lowest BCUT2D eigenvalue weighted by atomic mass is 10.0. The van der Waals surface area contributed by atoms with Crippen molar-refractivity contribution in [3.05, 3.63) is 36.0 Å². The number of para-hydroxylation sites is 1. The maximum Gasteiger partial charge on any atom is 0.326 e. The molecule has 0 saturated heterocycles. The first-order chi connectivity index (χ1) is 12.3. The Kier molecular flexibility index (Phi) is 6.38. The molecule has 0 radical (unpaired) electrons. The van der Waals surface area contributed by atoms with Gasteiger partial charge in [-0.05, 0) is 24.0 Å². The number of carboxylic acids is 1. The molecule has 4 N–H and O–H groups in total. The van der Waals surface area contributed by atoms with Crippen molar-refractivity contribution < 1.29 is 19.5 Å². The maximum absolute atomic E-state index is 12.5. The normalized spacial score (nSPS) is 13.4. The molecule has 26 heavy (non-hydrogen) atoms. The van der Waals surface area contributed by atoms with Gasteiger partial charge in [0.05, 0.1) is 0 Å². The first kappa shape index (κ1) is 19.5. The average Bonchev–Trinajstić information content (AvgIpc) is 2.95. The average molecular weight is 359 g/mol. The second-order valence-electron chi connectivity index (χ2n) is 6.85. The van der Waals surface area contributed by atoms with Gasteiger partial charge in [-0.3, -0.25) is 9.59 Å². The molecule has 0 fully saturated rings. The van der Waals surface area contributed by atoms with Gasteiger partial charge in [0.25, 0.3) is 0 Å². The molecule has 2 aromatic rings. The van der Waals surface area contributed by atoms with Crippen molar-refractivity contribution in [2.45, 2.75) is 45.7 Å². The standard InChI is InChI=1S/C19H25N3O4/c1-11(2)8-16(21-12(3)23)18(24)22-17(19(25)26)9-13-10-20-15-7-5-4-6-14(13)15/h4-7,10-11,16-17,20H,8-9H2,1-3H3,(H,21,23)(H,22,24)(H,25,26). The van der Waals surface area contributed by atoms with Crippen LogP contribution in [-0.4, -0.2) is 40.0 Å². The van der Waals surface area contributed by atoms with E-state index in [1.165, 1.54) is 6.92 Å². The van der Waals surface area contributed by atoms with Gasteiger partial charge in [-0.15, -0.1) is 0 Å². The molecular weight excluding hydrogens is 334 g/mol. The quantitative estimate of drug-likeness (QED) is 0.576. The molecule has 1 aromatic carbocycles. The van der Waals surface area contributed by atoms with Gasteiger partial charge in [0.1, 0.15) is 12.1 Å². The van der Waals surface area contributed by atoms with Gasteiger partial charge in [-0.2, -0.15) is 0 Å². The first-order valence-electron chi connectivity index (χ1n) is 8.63. The van der Waals surface area contributed by atoms with Crippen LogP contribution in [0.5, 0.6) is 0 Å². The fourth-order valence-electron chi connectivity index (χ4n) is 2.94. The van der Waals surface area contributed by atoms with Crippen LogP contribution in [0.4, 0.5) is 0 Å². The maximum atomic E-state index is 12.5. The Labute approximate surface area is 152 Å². The molecule has 140 valence electrons. The zero-order valence-corrected chi connectivity index (χ0v) is 15.2. The molecule has 2 atom stereocenters. The predicted molar refractivity (Wildman–Crippen MR) is 98.6 cm³/mol. The number of fused-ring (bicyclic) bond motifs is 1. The third kappa shape index (κ3) is 5.08. The van der Waals surface area contributed by atoms with Gasteiger partial charge >= 0.3 is 5.97 Å². The predicted octanol–water partition coefficient (Wildman–Crippen LogP) is 1.83. The zero-order chi connectivity index (χ0) is 19.3. The van der Waals surface area contributed by atoms with E-state index in [9.17, 15) is 19.5 Å². The van der Waals surface area contributed by atoms with E-state index in [2.05, 4.69) is 15.6 Å². The molecule has 0 bridgehead atoms. The summed E-state index contributed by atoms with van der Waals surface area (Å²) >= 11 is 0. The van der Waals surface area contributed by atoms with Crippen molar-refractivity contribution in [1.82, 2.24) is 15.6 Å². The summed E-state index contributed by atoms with van der Waals surface area (Å²) in [5.74, 6) is -1.75. The second kappa shape index (κ2) is 8.51. The Bertz CT molecular complexity index is 797. The largest absolute Gasteiger partial charge is 0.480 e. The van der Waals surface area contributed by atoms with E-state index >= 15 is 0 Å². The van der Waals surface area contributed by atoms with Crippen LogP contribution >= 0.6 is 0 Å². The van der Waals surface area contributed by atoms with E-state index in [1.807, 2.05) is 38.1 Å². The monoisotopic (exact) mass is 359 g/mol. The molecule has 7 nitrogen and oxygen atoms in total. The third-order valence-electron chi connectivity index (χ3n) is 4.11. The number of carboxylic acid groups (broad SMARTS) is 1. The van der Waals surface area contributed by atoms with E-state index in [0.29, 0.717) is 6.42 Å². The minimum atomic E-state index is -1.12. The first-order valence-corrected chi connectivity index (χ1v) is 8.63. The van der Waals surface area contributed by atoms with Gasteiger partial charge < -0.3 is 20.7 Å². The number of hydrogen-bond acceptors (Lipinski definition) is 3. The van der Waals surface area contributed by atoms with E-state index in [4.69, 9.17) is 0 Å². The molecule has 7 heteroatoms. The van der Waals surface area contributed by atoms with Crippen LogP contribution in [0.3, 0.4) is 0 Å². The van der Waals surface area contributed by atoms with E-state index < -0.39 is 24.0 Å². The zero-order valence-electron chi connectivity index (χ0n) is 15.2. The molecule has 2 rings (SSSR count). The van der Waals surface area contributed by atoms with Gasteiger partial charge in [-0.1, -0.05) is 32.0 Å². The smallest absolute Gasteiger partial charge is 0.326 e. The van der Waals surface area contributed by atoms with Crippen molar-refractivity contribution in [3.8, 4) is 0 Å². The van der Waals surface area contributed by atoms with E-state index in [1.54, 1.807) is 6.20 Å². The highest BCUT2D eigenvalue weighted by Gasteiger charge is 2.27. The molecule has 0 spiro atoms. The lowest BCUT2D eigenvalue weighted by Crippen LogP contribution is -2.52. The van der Waals surface area contributed by atoms with Gasteiger partial charge in [0, 0.05) is 30.4 Å². The van der Waals surface area contributed by atoms with Crippen molar-refractivity contribution in [1.29, 1.82) is 0 Å². The van der Waals surface area contributed by atoms with Gasteiger partial charge in [0.15, 0.2) is 0 Å². The summed E-state index contributed by atoms with van der Waals surface area (Å²) in [7, 11) is 0. The second-order valence-corrected chi connectivity index (χ2v) is 6.85. The minimum absolute atomic E-state index is 0.152. The number of amides is 2. The molecule has 1 heterocycles. The molecular formula is C19H25N3O4. The Balaban J connectivity index is 2.14. The highest BCUT2D eigenvalue weighted by Crippen LogP contribution is 2.19. The summed E-state index contributed by atoms with van der Waals surface area (Å²) in [5, 5.41) is 15.6. The van der Waals surface area contributed by atoms with Crippen molar-refractivity contribution in [3.63, 3.8) is 0 Å². The van der Waals surface area contributed by atoms with Crippen molar-refractivity contribution in [2.24, 2.45) is 5.92 Å². The van der Waals surface area contributed by atoms with Crippen LogP contribution in [0.25, 0.3) is 10.9 Å². The van der Waals surface area contributed by atoms with Crippen molar-refractivity contribution >= 4 is 28.7 Å². The molecule has 1 aromatic heterocycles. The number of aromatic nitrogens is 1. The summed E-state index contributed by atoms with van der Waals surface area (Å²) in [4.78, 5) is 38.6. The number of carbonyl (C=O) groups is 3. The van der Waals surface area contributed by atoms with Crippen LogP contribution in [0.1, 0.15) is 32.8 Å². The number of carbonyl (C=O) groups excluding carboxylic acids is 2. The highest BCUT2D eigenvalue weighted by molar-refractivity contribution is 5.90. The summed E-state index contributed by atoms with van der Waals surface area (Å²) < 4.78 is 0. The van der Waals surface area contributed by atoms with Crippen LogP contribution < -0.4 is 10.6 Å². The Morgan fingerprint density at radius 2 is 1.81 bits per heavy atom. The van der Waals surface area contributed by atoms with Crippen LogP contribution in [-0.2, 0) is 20.8 Å². The Hall–Kier alpha value is -2.83. The Morgan fingerprint density at radius 3 is 2.42 bits per heavy atom. The summed E-state index contributed by atoms with van der Waals surface area (Å²) in [6.07, 6.45) is 2.34. The highest BCUT2D eigenvalue weighted by atomic mass is 16.4. The lowest BCUT2D eigenvalue weighted by molar-refractivity contribution is -0.142. The van der Waals surface area contributed by atoms with E-state index in [0.717, 1.165) is 16.5 Å². The summed E-state index contributed by atoms with van der Waals surface area (Å²) in [6.45, 7) is 5.20. The number of benzene rings is 1. The molecule has 2 amide bonds. The number of aliphatic carboxylic acids is 1. The van der Waals surface area contributed by atoms with Crippen LogP contribution in [0.15, 0.2) is 30.5 Å². The topological polar surface area (TPSA) is 111 Å². The number of aromatic amines is 1. The number of H-pyrrole nitrogens is 1. The van der Waals surface area contributed by atoms with Crippen LogP contribution in [0.2, 0.25) is 0 Å². The fourth-order valence-corrected chi connectivity index (χ4v) is 2.94. The van der Waals surface area contributed by atoms with Crippen molar-refractivity contribution in [2.75, 3.05) is 0 Å². The van der Waals surface area contributed by atoms with E-state index in [-0.39, 0.29) is 18.2 Å². The SMILES string of the molecule is CC(=O)NC(CC(C)C)C(=O)NC(Cc1c[nH]c2ccccc12)C(=O)O. The Morgan fingerprint density at radius 1 is 1.12 bits per heavy atom. The lowest BCUT2D eigenvalue weighted by Gasteiger charge is -2.22. The number of nitrogens with one attached hydrogen (secondary N) is 3. The number of rotatable bonds is 8. The molecule has 2 unspecified atom stereocenters. The third-order valence-corrected chi connectivity index (χ3v) is 4.11. The molecule has 0 saturated carbocycles. The van der Waals surface area contributed by atoms with Gasteiger partial charge in [-0.25, -0.2) is 4.79 Å². The minimum Gasteiger partial charge on any atom is -0.480 e.